The Labute approximate surface area is 71.0 Å². The number of aryl methyl sites for hydroxylation is 1. The normalized spacial score (nSPS) is 10.3. The minimum absolute atomic E-state index is 0.745. The zero-order chi connectivity index (χ0) is 8.10. The quantitative estimate of drug-likeness (QED) is 0.693. The molecule has 11 heavy (non-hydrogen) atoms. The molecule has 1 heterocycles. The van der Waals surface area contributed by atoms with Crippen molar-refractivity contribution < 1.29 is 0 Å². The third kappa shape index (κ3) is 2.84. The second kappa shape index (κ2) is 4.28. The molecule has 0 radical (unpaired) electrons. The lowest BCUT2D eigenvalue weighted by Gasteiger charge is -1.97. The Hall–Kier alpha value is -0.640. The molecular formula is C7H13N3S. The van der Waals surface area contributed by atoms with E-state index in [1.165, 1.54) is 5.75 Å². The molecule has 0 atom stereocenters. The van der Waals surface area contributed by atoms with Gasteiger partial charge in [0.2, 0.25) is 0 Å². The van der Waals surface area contributed by atoms with Crippen molar-refractivity contribution in [1.29, 1.82) is 0 Å². The van der Waals surface area contributed by atoms with Gasteiger partial charge in [0, 0.05) is 12.7 Å². The summed E-state index contributed by atoms with van der Waals surface area (Å²) in [6.07, 6.45) is 6.80. The van der Waals surface area contributed by atoms with E-state index in [-0.39, 0.29) is 0 Å². The molecule has 0 aliphatic carbocycles. The zero-order valence-electron chi connectivity index (χ0n) is 6.66. The largest absolute Gasteiger partial charge is 0.396 e. The molecule has 2 N–H and O–H groups in total. The third-order valence-electron chi connectivity index (χ3n) is 1.39. The van der Waals surface area contributed by atoms with Crippen LogP contribution in [0.4, 0.5) is 5.69 Å². The molecule has 0 fully saturated rings. The molecule has 0 unspecified atom stereocenters. The van der Waals surface area contributed by atoms with Crippen molar-refractivity contribution >= 4 is 17.4 Å². The molecule has 1 aromatic heterocycles. The van der Waals surface area contributed by atoms with Crippen LogP contribution in [-0.2, 0) is 6.54 Å². The van der Waals surface area contributed by atoms with Crippen molar-refractivity contribution in [2.45, 2.75) is 13.0 Å². The van der Waals surface area contributed by atoms with Crippen LogP contribution in [0.2, 0.25) is 0 Å². The van der Waals surface area contributed by atoms with Gasteiger partial charge >= 0.3 is 0 Å². The lowest BCUT2D eigenvalue weighted by molar-refractivity contribution is 0.606. The van der Waals surface area contributed by atoms with E-state index in [1.807, 2.05) is 22.6 Å². The lowest BCUT2D eigenvalue weighted by Crippen LogP contribution is -1.98. The Morgan fingerprint density at radius 2 is 2.55 bits per heavy atom. The molecule has 1 rings (SSSR count). The Morgan fingerprint density at radius 3 is 3.09 bits per heavy atom. The Morgan fingerprint density at radius 1 is 1.73 bits per heavy atom. The molecule has 0 saturated heterocycles. The van der Waals surface area contributed by atoms with Gasteiger partial charge in [0.15, 0.2) is 0 Å². The molecule has 0 aliphatic rings. The van der Waals surface area contributed by atoms with E-state index >= 15 is 0 Å². The molecule has 1 aromatic rings. The van der Waals surface area contributed by atoms with Gasteiger partial charge in [-0.05, 0) is 18.4 Å². The maximum Gasteiger partial charge on any atom is 0.0719 e. The molecule has 0 amide bonds. The van der Waals surface area contributed by atoms with E-state index in [1.54, 1.807) is 6.20 Å². The van der Waals surface area contributed by atoms with E-state index in [0.717, 1.165) is 18.7 Å². The number of hydrogen-bond donors (Lipinski definition) is 1. The van der Waals surface area contributed by atoms with E-state index in [0.29, 0.717) is 0 Å². The average molecular weight is 171 g/mol. The van der Waals surface area contributed by atoms with Crippen LogP contribution in [0, 0.1) is 0 Å². The SMILES string of the molecule is CSCCCn1cc(N)cn1. The topological polar surface area (TPSA) is 43.8 Å². The monoisotopic (exact) mass is 171 g/mol. The number of anilines is 1. The molecular weight excluding hydrogens is 158 g/mol. The van der Waals surface area contributed by atoms with Gasteiger partial charge in [0.1, 0.15) is 0 Å². The second-order valence-electron chi connectivity index (χ2n) is 2.38. The van der Waals surface area contributed by atoms with Crippen LogP contribution in [0.25, 0.3) is 0 Å². The summed E-state index contributed by atoms with van der Waals surface area (Å²) < 4.78 is 1.88. The summed E-state index contributed by atoms with van der Waals surface area (Å²) in [6.45, 7) is 0.970. The Kier molecular flexibility index (Phi) is 3.29. The maximum atomic E-state index is 5.49. The van der Waals surface area contributed by atoms with Crippen molar-refractivity contribution in [3.63, 3.8) is 0 Å². The summed E-state index contributed by atoms with van der Waals surface area (Å²) in [5, 5.41) is 4.07. The van der Waals surface area contributed by atoms with Crippen molar-refractivity contribution in [2.24, 2.45) is 0 Å². The van der Waals surface area contributed by atoms with Gasteiger partial charge in [0.05, 0.1) is 11.9 Å². The number of rotatable bonds is 4. The van der Waals surface area contributed by atoms with Gasteiger partial charge in [0.25, 0.3) is 0 Å². The standard InChI is InChI=1S/C7H13N3S/c1-11-4-2-3-10-6-7(8)5-9-10/h5-6H,2-4,8H2,1H3. The second-order valence-corrected chi connectivity index (χ2v) is 3.37. The first-order chi connectivity index (χ1) is 5.33. The highest BCUT2D eigenvalue weighted by atomic mass is 32.2. The first kappa shape index (κ1) is 8.46. The van der Waals surface area contributed by atoms with Crippen molar-refractivity contribution in [1.82, 2.24) is 9.78 Å². The van der Waals surface area contributed by atoms with Gasteiger partial charge in [-0.2, -0.15) is 16.9 Å². The van der Waals surface area contributed by atoms with E-state index in [4.69, 9.17) is 5.73 Å². The van der Waals surface area contributed by atoms with E-state index < -0.39 is 0 Å². The molecule has 3 nitrogen and oxygen atoms in total. The number of nitrogens with zero attached hydrogens (tertiary/aromatic N) is 2. The van der Waals surface area contributed by atoms with E-state index in [2.05, 4.69) is 11.4 Å². The fourth-order valence-electron chi connectivity index (χ4n) is 0.873. The number of hydrogen-bond acceptors (Lipinski definition) is 3. The van der Waals surface area contributed by atoms with Crippen LogP contribution in [0.15, 0.2) is 12.4 Å². The molecule has 0 aromatic carbocycles. The summed E-state index contributed by atoms with van der Waals surface area (Å²) in [4.78, 5) is 0. The molecule has 0 bridgehead atoms. The van der Waals surface area contributed by atoms with Gasteiger partial charge < -0.3 is 5.73 Å². The predicted molar refractivity (Wildman–Crippen MR) is 49.6 cm³/mol. The molecule has 4 heteroatoms. The fourth-order valence-corrected chi connectivity index (χ4v) is 1.29. The summed E-state index contributed by atoms with van der Waals surface area (Å²) in [5.41, 5.74) is 6.24. The molecule has 62 valence electrons. The van der Waals surface area contributed by atoms with Crippen LogP contribution in [0.5, 0.6) is 0 Å². The highest BCUT2D eigenvalue weighted by Gasteiger charge is 1.92. The molecule has 0 aliphatic heterocycles. The Bertz CT molecular complexity index is 209. The summed E-state index contributed by atoms with van der Waals surface area (Å²) >= 11 is 1.86. The van der Waals surface area contributed by atoms with Gasteiger partial charge in [-0.3, -0.25) is 4.68 Å². The maximum absolute atomic E-state index is 5.49. The van der Waals surface area contributed by atoms with Crippen molar-refractivity contribution in [3.05, 3.63) is 12.4 Å². The van der Waals surface area contributed by atoms with Gasteiger partial charge in [-0.1, -0.05) is 0 Å². The van der Waals surface area contributed by atoms with Crippen LogP contribution >= 0.6 is 11.8 Å². The lowest BCUT2D eigenvalue weighted by atomic mass is 10.5. The van der Waals surface area contributed by atoms with Crippen molar-refractivity contribution in [2.75, 3.05) is 17.7 Å². The number of nitrogen functional groups attached to an aromatic ring is 1. The Balaban J connectivity index is 2.27. The van der Waals surface area contributed by atoms with Gasteiger partial charge in [-0.15, -0.1) is 0 Å². The minimum atomic E-state index is 0.745. The van der Waals surface area contributed by atoms with Crippen LogP contribution < -0.4 is 5.73 Å². The van der Waals surface area contributed by atoms with E-state index in [9.17, 15) is 0 Å². The molecule has 0 spiro atoms. The molecule has 0 saturated carbocycles. The highest BCUT2D eigenvalue weighted by molar-refractivity contribution is 7.98. The zero-order valence-corrected chi connectivity index (χ0v) is 7.47. The number of thioether (sulfide) groups is 1. The first-order valence-electron chi connectivity index (χ1n) is 3.60. The summed E-state index contributed by atoms with van der Waals surface area (Å²) in [7, 11) is 0. The summed E-state index contributed by atoms with van der Waals surface area (Å²) in [5.74, 6) is 1.18. The first-order valence-corrected chi connectivity index (χ1v) is 4.99. The smallest absolute Gasteiger partial charge is 0.0719 e. The predicted octanol–water partition coefficient (Wildman–Crippen LogP) is 1.22. The van der Waals surface area contributed by atoms with Crippen LogP contribution in [0.3, 0.4) is 0 Å². The fraction of sp³-hybridized carbons (Fsp3) is 0.571. The number of aromatic nitrogens is 2. The highest BCUT2D eigenvalue weighted by Crippen LogP contribution is 2.01. The van der Waals surface area contributed by atoms with Crippen LogP contribution in [0.1, 0.15) is 6.42 Å². The summed E-state index contributed by atoms with van der Waals surface area (Å²) in [6, 6.07) is 0. The van der Waals surface area contributed by atoms with Crippen LogP contribution in [-0.4, -0.2) is 21.8 Å². The minimum Gasteiger partial charge on any atom is -0.396 e. The number of nitrogens with two attached hydrogens (primary N) is 1. The third-order valence-corrected chi connectivity index (χ3v) is 2.09. The average Bonchev–Trinajstić information content (AvgIpc) is 2.37. The van der Waals surface area contributed by atoms with Crippen molar-refractivity contribution in [3.8, 4) is 0 Å². The van der Waals surface area contributed by atoms with Gasteiger partial charge in [-0.25, -0.2) is 0 Å².